The molecule has 0 unspecified atom stereocenters. The van der Waals surface area contributed by atoms with Crippen molar-refractivity contribution in [2.75, 3.05) is 0 Å². The van der Waals surface area contributed by atoms with Crippen LogP contribution in [0.1, 0.15) is 0 Å². The minimum atomic E-state index is 0.805. The van der Waals surface area contributed by atoms with Crippen molar-refractivity contribution in [3.8, 4) is 28.3 Å². The van der Waals surface area contributed by atoms with E-state index in [0.29, 0.717) is 0 Å². The van der Waals surface area contributed by atoms with Crippen molar-refractivity contribution < 1.29 is 0 Å². The summed E-state index contributed by atoms with van der Waals surface area (Å²) < 4.78 is 4.54. The van der Waals surface area contributed by atoms with Crippen LogP contribution in [0.25, 0.3) is 55.7 Å². The standard InChI is InChI=1S/C30H20N4/c1-3-11-21(12-4-1)24-19-32-27(20-31-24)34-25-16-8-7-15-23(25)28-26-17-9-10-18-33(26)29(30(28)34)22-13-5-2-6-14-22/h1-20H. The van der Waals surface area contributed by atoms with Crippen molar-refractivity contribution in [3.63, 3.8) is 0 Å². The van der Waals surface area contributed by atoms with E-state index in [1.54, 1.807) is 0 Å². The molecular formula is C30H20N4. The van der Waals surface area contributed by atoms with Gasteiger partial charge in [-0.3, -0.25) is 9.55 Å². The third kappa shape index (κ3) is 2.72. The second-order valence-electron chi connectivity index (χ2n) is 8.37. The van der Waals surface area contributed by atoms with Gasteiger partial charge in [-0.15, -0.1) is 0 Å². The fourth-order valence-electron chi connectivity index (χ4n) is 4.98. The Hall–Kier alpha value is -4.70. The molecule has 0 N–H and O–H groups in total. The van der Waals surface area contributed by atoms with Crippen molar-refractivity contribution >= 4 is 27.3 Å². The van der Waals surface area contributed by atoms with Crippen LogP contribution in [0.5, 0.6) is 0 Å². The third-order valence-corrected chi connectivity index (χ3v) is 6.44. The molecule has 0 radical (unpaired) electrons. The van der Waals surface area contributed by atoms with Gasteiger partial charge in [-0.1, -0.05) is 84.9 Å². The van der Waals surface area contributed by atoms with Gasteiger partial charge in [0.1, 0.15) is 0 Å². The number of hydrogen-bond donors (Lipinski definition) is 0. The van der Waals surface area contributed by atoms with E-state index < -0.39 is 0 Å². The molecule has 7 rings (SSSR count). The highest BCUT2D eigenvalue weighted by Crippen LogP contribution is 2.41. The van der Waals surface area contributed by atoms with E-state index in [9.17, 15) is 0 Å². The maximum absolute atomic E-state index is 4.89. The predicted octanol–water partition coefficient (Wildman–Crippen LogP) is 7.16. The molecule has 0 atom stereocenters. The van der Waals surface area contributed by atoms with Crippen molar-refractivity contribution in [1.29, 1.82) is 0 Å². The summed E-state index contributed by atoms with van der Waals surface area (Å²) >= 11 is 0. The minimum Gasteiger partial charge on any atom is -0.314 e. The first-order valence-corrected chi connectivity index (χ1v) is 11.4. The van der Waals surface area contributed by atoms with E-state index in [4.69, 9.17) is 9.97 Å². The van der Waals surface area contributed by atoms with E-state index >= 15 is 0 Å². The SMILES string of the molecule is c1ccc(-c2cnc(-n3c4ccccc4c4c3c(-c3ccccc3)n3ccccc43)cn2)cc1. The second-order valence-corrected chi connectivity index (χ2v) is 8.37. The van der Waals surface area contributed by atoms with Crippen LogP contribution < -0.4 is 0 Å². The Labute approximate surface area is 196 Å². The van der Waals surface area contributed by atoms with Crippen LogP contribution in [0.3, 0.4) is 0 Å². The molecule has 0 saturated heterocycles. The fourth-order valence-corrected chi connectivity index (χ4v) is 4.98. The number of benzene rings is 3. The number of hydrogen-bond acceptors (Lipinski definition) is 2. The highest BCUT2D eigenvalue weighted by molar-refractivity contribution is 6.21. The van der Waals surface area contributed by atoms with E-state index in [1.165, 1.54) is 16.3 Å². The van der Waals surface area contributed by atoms with E-state index in [0.717, 1.165) is 39.4 Å². The number of rotatable bonds is 3. The number of fused-ring (bicyclic) bond motifs is 5. The van der Waals surface area contributed by atoms with Crippen LogP contribution in [0.15, 0.2) is 122 Å². The molecule has 34 heavy (non-hydrogen) atoms. The van der Waals surface area contributed by atoms with Crippen LogP contribution in [0.2, 0.25) is 0 Å². The first kappa shape index (κ1) is 18.8. The van der Waals surface area contributed by atoms with Gasteiger partial charge in [0.2, 0.25) is 0 Å². The highest BCUT2D eigenvalue weighted by atomic mass is 15.1. The van der Waals surface area contributed by atoms with E-state index in [1.807, 2.05) is 30.6 Å². The van der Waals surface area contributed by atoms with Gasteiger partial charge in [0.25, 0.3) is 0 Å². The van der Waals surface area contributed by atoms with Gasteiger partial charge in [0.15, 0.2) is 5.82 Å². The average molecular weight is 437 g/mol. The zero-order valence-corrected chi connectivity index (χ0v) is 18.3. The fraction of sp³-hybridized carbons (Fsp3) is 0. The van der Waals surface area contributed by atoms with Crippen LogP contribution >= 0.6 is 0 Å². The summed E-state index contributed by atoms with van der Waals surface area (Å²) in [6, 6.07) is 35.7. The molecule has 0 fully saturated rings. The predicted molar refractivity (Wildman–Crippen MR) is 138 cm³/mol. The molecule has 4 nitrogen and oxygen atoms in total. The Balaban J connectivity index is 1.59. The zero-order valence-electron chi connectivity index (χ0n) is 18.3. The molecule has 0 aliphatic rings. The quantitative estimate of drug-likeness (QED) is 0.295. The zero-order chi connectivity index (χ0) is 22.5. The summed E-state index contributed by atoms with van der Waals surface area (Å²) in [5.74, 6) is 0.805. The number of nitrogens with zero attached hydrogens (tertiary/aromatic N) is 4. The van der Waals surface area contributed by atoms with Crippen LogP contribution in [0, 0.1) is 0 Å². The van der Waals surface area contributed by atoms with Gasteiger partial charge >= 0.3 is 0 Å². The van der Waals surface area contributed by atoms with Crippen LogP contribution in [-0.4, -0.2) is 18.9 Å². The molecular weight excluding hydrogens is 416 g/mol. The van der Waals surface area contributed by atoms with Crippen molar-refractivity contribution in [2.45, 2.75) is 0 Å². The molecule has 4 aromatic heterocycles. The molecule has 0 amide bonds. The Morgan fingerprint density at radius 3 is 2.00 bits per heavy atom. The molecule has 0 spiro atoms. The molecule has 4 heteroatoms. The average Bonchev–Trinajstić information content (AvgIpc) is 3.42. The lowest BCUT2D eigenvalue weighted by atomic mass is 10.1. The number of aromatic nitrogens is 4. The molecule has 4 heterocycles. The first-order valence-electron chi connectivity index (χ1n) is 11.4. The molecule has 0 aliphatic carbocycles. The summed E-state index contributed by atoms with van der Waals surface area (Å²) in [6.45, 7) is 0. The second kappa shape index (κ2) is 7.42. The Morgan fingerprint density at radius 1 is 0.559 bits per heavy atom. The lowest BCUT2D eigenvalue weighted by molar-refractivity contribution is 1.04. The Morgan fingerprint density at radius 2 is 1.24 bits per heavy atom. The van der Waals surface area contributed by atoms with E-state index in [2.05, 4.69) is 100 Å². The van der Waals surface area contributed by atoms with Crippen LogP contribution in [0.4, 0.5) is 0 Å². The van der Waals surface area contributed by atoms with Crippen LogP contribution in [-0.2, 0) is 0 Å². The van der Waals surface area contributed by atoms with Crippen molar-refractivity contribution in [3.05, 3.63) is 122 Å². The molecule has 0 aliphatic heterocycles. The molecule has 0 bridgehead atoms. The van der Waals surface area contributed by atoms with Gasteiger partial charge < -0.3 is 4.40 Å². The molecule has 0 saturated carbocycles. The largest absolute Gasteiger partial charge is 0.314 e. The van der Waals surface area contributed by atoms with Gasteiger partial charge in [-0.05, 0) is 18.2 Å². The van der Waals surface area contributed by atoms with Crippen molar-refractivity contribution in [1.82, 2.24) is 18.9 Å². The molecule has 3 aromatic carbocycles. The minimum absolute atomic E-state index is 0.805. The summed E-state index contributed by atoms with van der Waals surface area (Å²) in [4.78, 5) is 9.68. The normalized spacial score (nSPS) is 11.5. The maximum Gasteiger partial charge on any atom is 0.156 e. The lowest BCUT2D eigenvalue weighted by Crippen LogP contribution is -2.00. The Bertz CT molecular complexity index is 1780. The lowest BCUT2D eigenvalue weighted by Gasteiger charge is -2.10. The molecule has 160 valence electrons. The van der Waals surface area contributed by atoms with Crippen molar-refractivity contribution in [2.24, 2.45) is 0 Å². The summed E-state index contributed by atoms with van der Waals surface area (Å²) in [5, 5.41) is 2.43. The monoisotopic (exact) mass is 436 g/mol. The maximum atomic E-state index is 4.89. The van der Waals surface area contributed by atoms with Gasteiger partial charge in [0, 0.05) is 28.1 Å². The Kier molecular flexibility index (Phi) is 4.11. The summed E-state index contributed by atoms with van der Waals surface area (Å²) in [7, 11) is 0. The van der Waals surface area contributed by atoms with Gasteiger partial charge in [0.05, 0.1) is 40.3 Å². The van der Waals surface area contributed by atoms with Gasteiger partial charge in [-0.2, -0.15) is 0 Å². The third-order valence-electron chi connectivity index (χ3n) is 6.44. The number of para-hydroxylation sites is 1. The topological polar surface area (TPSA) is 35.1 Å². The van der Waals surface area contributed by atoms with Gasteiger partial charge in [-0.25, -0.2) is 4.98 Å². The summed E-state index contributed by atoms with van der Waals surface area (Å²) in [6.07, 6.45) is 5.88. The summed E-state index contributed by atoms with van der Waals surface area (Å²) in [5.41, 5.74) is 7.68. The highest BCUT2D eigenvalue weighted by Gasteiger charge is 2.22. The first-order chi connectivity index (χ1) is 16.9. The molecule has 7 aromatic rings. The smallest absolute Gasteiger partial charge is 0.156 e. The van der Waals surface area contributed by atoms with E-state index in [-0.39, 0.29) is 0 Å². The number of pyridine rings is 1.